The Morgan fingerprint density at radius 1 is 1.18 bits per heavy atom. The largest absolute Gasteiger partial charge is 0.0880 e. The van der Waals surface area contributed by atoms with Crippen molar-refractivity contribution in [2.75, 3.05) is 10.7 Å². The molecule has 66 valence electrons. The summed E-state index contributed by atoms with van der Waals surface area (Å²) < 4.78 is 0. The molecule has 0 aromatic rings. The summed E-state index contributed by atoms with van der Waals surface area (Å²) in [5, 5.41) is 2.01. The highest BCUT2D eigenvalue weighted by Gasteiger charge is 1.90. The highest BCUT2D eigenvalue weighted by atomic mass is 79.9. The van der Waals surface area contributed by atoms with E-state index in [4.69, 9.17) is 0 Å². The Hall–Kier alpha value is 0.700. The lowest BCUT2D eigenvalue weighted by Gasteiger charge is -1.97. The van der Waals surface area contributed by atoms with Gasteiger partial charge in [0.15, 0.2) is 0 Å². The molecule has 11 heavy (non-hydrogen) atoms. The van der Waals surface area contributed by atoms with Crippen molar-refractivity contribution < 1.29 is 0 Å². The van der Waals surface area contributed by atoms with Gasteiger partial charge in [-0.1, -0.05) is 63.3 Å². The molecule has 0 fully saturated rings. The molecule has 0 atom stereocenters. The predicted molar refractivity (Wildman–Crippen MR) is 59.8 cm³/mol. The first kappa shape index (κ1) is 11.7. The Labute approximate surface area is 86.7 Å². The first-order chi connectivity index (χ1) is 5.35. The molecule has 0 aromatic carbocycles. The summed E-state index contributed by atoms with van der Waals surface area (Å²) in [6, 6.07) is 0. The van der Waals surface area contributed by atoms with E-state index in [1.165, 1.54) is 31.3 Å². The zero-order valence-corrected chi connectivity index (χ0v) is 10.2. The molecule has 0 N–H and O–H groups in total. The van der Waals surface area contributed by atoms with Crippen LogP contribution in [0.2, 0.25) is 0 Å². The average Bonchev–Trinajstić information content (AvgIpc) is 2.05. The minimum absolute atomic E-state index is 1.00. The molecule has 0 nitrogen and oxygen atoms in total. The van der Waals surface area contributed by atoms with Crippen molar-refractivity contribution in [1.29, 1.82) is 0 Å². The van der Waals surface area contributed by atoms with Gasteiger partial charge in [0.2, 0.25) is 0 Å². The molecule has 0 saturated carbocycles. The Morgan fingerprint density at radius 3 is 2.27 bits per heavy atom. The second-order valence-electron chi connectivity index (χ2n) is 2.63. The molecule has 2 heteroatoms. The van der Waals surface area contributed by atoms with Crippen LogP contribution >= 0.6 is 31.9 Å². The van der Waals surface area contributed by atoms with Crippen LogP contribution in [0.25, 0.3) is 0 Å². The number of hydrogen-bond donors (Lipinski definition) is 0. The summed E-state index contributed by atoms with van der Waals surface area (Å²) in [6.45, 7) is 2.24. The van der Waals surface area contributed by atoms with Crippen LogP contribution in [-0.4, -0.2) is 10.7 Å². The lowest BCUT2D eigenvalue weighted by atomic mass is 10.1. The maximum atomic E-state index is 3.45. The van der Waals surface area contributed by atoms with E-state index in [0.717, 1.165) is 10.7 Å². The molecule has 0 spiro atoms. The van der Waals surface area contributed by atoms with Gasteiger partial charge in [-0.3, -0.25) is 0 Å². The van der Waals surface area contributed by atoms with Crippen LogP contribution in [0.4, 0.5) is 0 Å². The Morgan fingerprint density at radius 2 is 1.82 bits per heavy atom. The van der Waals surface area contributed by atoms with Gasteiger partial charge in [0, 0.05) is 10.7 Å². The molecular weight excluding hydrogens is 268 g/mol. The number of alkyl halides is 2. The van der Waals surface area contributed by atoms with Crippen LogP contribution in [-0.2, 0) is 0 Å². The molecule has 0 radical (unpaired) electrons. The fourth-order valence-corrected chi connectivity index (χ4v) is 2.23. The summed E-state index contributed by atoms with van der Waals surface area (Å²) in [4.78, 5) is 0. The van der Waals surface area contributed by atoms with Crippen LogP contribution in [0.15, 0.2) is 11.6 Å². The SMILES string of the molecule is CCCCCC=C(CBr)CBr. The number of hydrogen-bond acceptors (Lipinski definition) is 0. The lowest BCUT2D eigenvalue weighted by Crippen LogP contribution is -1.85. The average molecular weight is 284 g/mol. The van der Waals surface area contributed by atoms with E-state index in [-0.39, 0.29) is 0 Å². The Balaban J connectivity index is 3.37. The molecule has 0 aromatic heterocycles. The minimum Gasteiger partial charge on any atom is -0.0880 e. The molecule has 0 amide bonds. The molecule has 0 aliphatic rings. The van der Waals surface area contributed by atoms with Crippen LogP contribution in [0.3, 0.4) is 0 Å². The fourth-order valence-electron chi connectivity index (χ4n) is 0.845. The van der Waals surface area contributed by atoms with Crippen LogP contribution in [0, 0.1) is 0 Å². The Bertz CT molecular complexity index is 102. The standard InChI is InChI=1S/C9H16Br2/c1-2-3-4-5-6-9(7-10)8-11/h6H,2-5,7-8H2,1H3. The van der Waals surface area contributed by atoms with Crippen molar-refractivity contribution in [3.63, 3.8) is 0 Å². The van der Waals surface area contributed by atoms with Gasteiger partial charge in [0.25, 0.3) is 0 Å². The maximum Gasteiger partial charge on any atom is 0.0250 e. The van der Waals surface area contributed by atoms with E-state index in [9.17, 15) is 0 Å². The number of halogens is 2. The molecule has 0 saturated heterocycles. The van der Waals surface area contributed by atoms with Gasteiger partial charge >= 0.3 is 0 Å². The van der Waals surface area contributed by atoms with Crippen LogP contribution in [0.1, 0.15) is 32.6 Å². The normalized spacial score (nSPS) is 9.73. The van der Waals surface area contributed by atoms with Gasteiger partial charge in [0.05, 0.1) is 0 Å². The van der Waals surface area contributed by atoms with E-state index in [2.05, 4.69) is 44.9 Å². The van der Waals surface area contributed by atoms with E-state index in [1.807, 2.05) is 0 Å². The summed E-state index contributed by atoms with van der Waals surface area (Å²) in [5.41, 5.74) is 1.46. The zero-order chi connectivity index (χ0) is 8.53. The van der Waals surface area contributed by atoms with Crippen molar-refractivity contribution in [3.05, 3.63) is 11.6 Å². The lowest BCUT2D eigenvalue weighted by molar-refractivity contribution is 0.727. The van der Waals surface area contributed by atoms with Crippen LogP contribution in [0.5, 0.6) is 0 Å². The first-order valence-corrected chi connectivity index (χ1v) is 6.39. The monoisotopic (exact) mass is 282 g/mol. The fraction of sp³-hybridized carbons (Fsp3) is 0.778. The second kappa shape index (κ2) is 8.79. The van der Waals surface area contributed by atoms with Crippen molar-refractivity contribution in [2.45, 2.75) is 32.6 Å². The smallest absolute Gasteiger partial charge is 0.0250 e. The molecule has 0 aliphatic heterocycles. The second-order valence-corrected chi connectivity index (χ2v) is 3.75. The summed E-state index contributed by atoms with van der Waals surface area (Å²) in [6.07, 6.45) is 7.57. The number of allylic oxidation sites excluding steroid dienone is 2. The molecular formula is C9H16Br2. The van der Waals surface area contributed by atoms with Gasteiger partial charge in [-0.25, -0.2) is 0 Å². The van der Waals surface area contributed by atoms with Gasteiger partial charge in [-0.15, -0.1) is 0 Å². The third-order valence-electron chi connectivity index (χ3n) is 1.58. The van der Waals surface area contributed by atoms with E-state index in [0.29, 0.717) is 0 Å². The predicted octanol–water partition coefficient (Wildman–Crippen LogP) is 4.28. The van der Waals surface area contributed by atoms with Gasteiger partial charge in [-0.05, 0) is 12.8 Å². The molecule has 0 bridgehead atoms. The van der Waals surface area contributed by atoms with E-state index >= 15 is 0 Å². The highest BCUT2D eigenvalue weighted by molar-refractivity contribution is 9.10. The number of unbranched alkanes of at least 4 members (excludes halogenated alkanes) is 3. The summed E-state index contributed by atoms with van der Waals surface area (Å²) in [7, 11) is 0. The van der Waals surface area contributed by atoms with E-state index < -0.39 is 0 Å². The molecule has 0 heterocycles. The van der Waals surface area contributed by atoms with Crippen LogP contribution < -0.4 is 0 Å². The summed E-state index contributed by atoms with van der Waals surface area (Å²) >= 11 is 6.89. The van der Waals surface area contributed by atoms with Crippen molar-refractivity contribution in [3.8, 4) is 0 Å². The maximum absolute atomic E-state index is 3.45. The van der Waals surface area contributed by atoms with Gasteiger partial charge in [0.1, 0.15) is 0 Å². The topological polar surface area (TPSA) is 0 Å². The first-order valence-electron chi connectivity index (χ1n) is 4.15. The molecule has 0 aliphatic carbocycles. The number of rotatable bonds is 6. The van der Waals surface area contributed by atoms with Crippen molar-refractivity contribution >= 4 is 31.9 Å². The third kappa shape index (κ3) is 7.07. The highest BCUT2D eigenvalue weighted by Crippen LogP contribution is 2.08. The van der Waals surface area contributed by atoms with Crippen molar-refractivity contribution in [1.82, 2.24) is 0 Å². The quantitative estimate of drug-likeness (QED) is 0.388. The van der Waals surface area contributed by atoms with Crippen molar-refractivity contribution in [2.24, 2.45) is 0 Å². The molecule has 0 unspecified atom stereocenters. The molecule has 0 rings (SSSR count). The van der Waals surface area contributed by atoms with Gasteiger partial charge in [-0.2, -0.15) is 0 Å². The van der Waals surface area contributed by atoms with E-state index in [1.54, 1.807) is 0 Å². The summed E-state index contributed by atoms with van der Waals surface area (Å²) in [5.74, 6) is 0. The Kier molecular flexibility index (Phi) is 9.35. The third-order valence-corrected chi connectivity index (χ3v) is 3.02. The minimum atomic E-state index is 1.00. The van der Waals surface area contributed by atoms with Gasteiger partial charge < -0.3 is 0 Å². The zero-order valence-electron chi connectivity index (χ0n) is 7.08.